The summed E-state index contributed by atoms with van der Waals surface area (Å²) in [7, 11) is 0. The van der Waals surface area contributed by atoms with E-state index < -0.39 is 17.7 Å². The van der Waals surface area contributed by atoms with E-state index in [4.69, 9.17) is 0 Å². The van der Waals surface area contributed by atoms with Gasteiger partial charge < -0.3 is 10.2 Å². The summed E-state index contributed by atoms with van der Waals surface area (Å²) in [6.07, 6.45) is -4.44. The van der Waals surface area contributed by atoms with E-state index in [1.165, 1.54) is 18.2 Å². The van der Waals surface area contributed by atoms with Gasteiger partial charge in [0, 0.05) is 5.39 Å². The molecule has 2 N–H and O–H groups in total. The van der Waals surface area contributed by atoms with Gasteiger partial charge in [-0.2, -0.15) is 13.2 Å². The summed E-state index contributed by atoms with van der Waals surface area (Å²) >= 11 is 0. The van der Waals surface area contributed by atoms with Gasteiger partial charge in [-0.05, 0) is 34.7 Å². The van der Waals surface area contributed by atoms with Crippen molar-refractivity contribution in [2.45, 2.75) is 6.18 Å². The van der Waals surface area contributed by atoms with Crippen LogP contribution in [0.4, 0.5) is 13.2 Å². The van der Waals surface area contributed by atoms with Gasteiger partial charge in [0.25, 0.3) is 0 Å². The summed E-state index contributed by atoms with van der Waals surface area (Å²) < 4.78 is 38.1. The van der Waals surface area contributed by atoms with Crippen molar-refractivity contribution in [2.75, 3.05) is 0 Å². The first-order valence-corrected chi connectivity index (χ1v) is 6.94. The maximum atomic E-state index is 12.7. The molecule has 0 spiro atoms. The van der Waals surface area contributed by atoms with Gasteiger partial charge in [-0.15, -0.1) is 0 Å². The smallest absolute Gasteiger partial charge is 0.416 e. The Balaban J connectivity index is 2.26. The van der Waals surface area contributed by atoms with Crippen molar-refractivity contribution in [3.05, 3.63) is 65.7 Å². The number of carboxylic acid groups (broad SMARTS) is 1. The van der Waals surface area contributed by atoms with Crippen molar-refractivity contribution in [3.63, 3.8) is 0 Å². The fourth-order valence-corrected chi connectivity index (χ4v) is 2.60. The number of hydrogen-bond donors (Lipinski definition) is 2. The van der Waals surface area contributed by atoms with Crippen molar-refractivity contribution in [3.8, 4) is 16.9 Å². The van der Waals surface area contributed by atoms with Gasteiger partial charge in [-0.1, -0.05) is 36.4 Å². The predicted octanol–water partition coefficient (Wildman–Crippen LogP) is 4.93. The lowest BCUT2D eigenvalue weighted by atomic mass is 9.94. The molecule has 0 aliphatic heterocycles. The second kappa shape index (κ2) is 5.56. The van der Waals surface area contributed by atoms with Crippen molar-refractivity contribution >= 4 is 16.7 Å². The maximum Gasteiger partial charge on any atom is 0.416 e. The normalized spacial score (nSPS) is 11.6. The molecule has 0 heterocycles. The lowest BCUT2D eigenvalue weighted by molar-refractivity contribution is -0.137. The van der Waals surface area contributed by atoms with Crippen molar-refractivity contribution in [1.82, 2.24) is 0 Å². The number of aromatic carboxylic acids is 1. The minimum absolute atomic E-state index is 0.302. The maximum absolute atomic E-state index is 12.7. The van der Waals surface area contributed by atoms with Crippen molar-refractivity contribution in [2.24, 2.45) is 0 Å². The molecular weight excluding hydrogens is 321 g/mol. The molecule has 0 bridgehead atoms. The summed E-state index contributed by atoms with van der Waals surface area (Å²) in [5, 5.41) is 20.2. The molecule has 0 saturated heterocycles. The van der Waals surface area contributed by atoms with Gasteiger partial charge in [-0.25, -0.2) is 4.79 Å². The Morgan fingerprint density at radius 2 is 1.50 bits per heavy atom. The SMILES string of the molecule is O=C(O)c1cc(-c2ccc(C(F)(F)F)cc2)c2ccccc2c1O. The van der Waals surface area contributed by atoms with Crippen LogP contribution in [0.2, 0.25) is 0 Å². The second-order valence-corrected chi connectivity index (χ2v) is 5.25. The van der Waals surface area contributed by atoms with Crippen LogP contribution in [0.3, 0.4) is 0 Å². The Morgan fingerprint density at radius 3 is 2.04 bits per heavy atom. The molecule has 0 aliphatic carbocycles. The van der Waals surface area contributed by atoms with Crippen LogP contribution >= 0.6 is 0 Å². The number of rotatable bonds is 2. The summed E-state index contributed by atoms with van der Waals surface area (Å²) in [5.41, 5.74) is -0.215. The molecule has 6 heteroatoms. The van der Waals surface area contributed by atoms with Gasteiger partial charge in [0.1, 0.15) is 11.3 Å². The number of fused-ring (bicyclic) bond motifs is 1. The monoisotopic (exact) mass is 332 g/mol. The van der Waals surface area contributed by atoms with Crippen LogP contribution in [0.25, 0.3) is 21.9 Å². The number of halogens is 3. The van der Waals surface area contributed by atoms with E-state index in [-0.39, 0.29) is 11.3 Å². The summed E-state index contributed by atoms with van der Waals surface area (Å²) in [5.74, 6) is -1.68. The molecule has 122 valence electrons. The highest BCUT2D eigenvalue weighted by Crippen LogP contribution is 2.38. The average molecular weight is 332 g/mol. The molecule has 3 aromatic carbocycles. The van der Waals surface area contributed by atoms with Gasteiger partial charge in [0.15, 0.2) is 0 Å². The first-order valence-electron chi connectivity index (χ1n) is 6.94. The van der Waals surface area contributed by atoms with E-state index in [0.29, 0.717) is 21.9 Å². The molecule has 3 aromatic rings. The van der Waals surface area contributed by atoms with E-state index in [2.05, 4.69) is 0 Å². The molecule has 24 heavy (non-hydrogen) atoms. The topological polar surface area (TPSA) is 57.5 Å². The molecule has 0 atom stereocenters. The second-order valence-electron chi connectivity index (χ2n) is 5.25. The number of hydrogen-bond acceptors (Lipinski definition) is 2. The number of alkyl halides is 3. The van der Waals surface area contributed by atoms with Crippen molar-refractivity contribution in [1.29, 1.82) is 0 Å². The summed E-state index contributed by atoms with van der Waals surface area (Å²) in [6, 6.07) is 12.3. The van der Waals surface area contributed by atoms with E-state index in [9.17, 15) is 28.2 Å². The first-order chi connectivity index (χ1) is 11.3. The predicted molar refractivity (Wildman–Crippen MR) is 83.0 cm³/mol. The fourth-order valence-electron chi connectivity index (χ4n) is 2.60. The van der Waals surface area contributed by atoms with Gasteiger partial charge >= 0.3 is 12.1 Å². The molecule has 3 nitrogen and oxygen atoms in total. The molecule has 0 aliphatic rings. The molecule has 3 rings (SSSR count). The highest BCUT2D eigenvalue weighted by atomic mass is 19.4. The Labute approximate surface area is 134 Å². The van der Waals surface area contributed by atoms with Gasteiger partial charge in [0.2, 0.25) is 0 Å². The number of carboxylic acids is 1. The lowest BCUT2D eigenvalue weighted by Crippen LogP contribution is -2.04. The zero-order valence-corrected chi connectivity index (χ0v) is 12.1. The number of phenols is 1. The Hall–Kier alpha value is -3.02. The fraction of sp³-hybridized carbons (Fsp3) is 0.0556. The minimum Gasteiger partial charge on any atom is -0.506 e. The average Bonchev–Trinajstić information content (AvgIpc) is 2.54. The van der Waals surface area contributed by atoms with Crippen LogP contribution in [-0.4, -0.2) is 16.2 Å². The molecule has 0 radical (unpaired) electrons. The van der Waals surface area contributed by atoms with Crippen LogP contribution in [0.1, 0.15) is 15.9 Å². The van der Waals surface area contributed by atoms with Gasteiger partial charge in [-0.3, -0.25) is 0 Å². The zero-order chi connectivity index (χ0) is 17.5. The quantitative estimate of drug-likeness (QED) is 0.699. The molecule has 0 unspecified atom stereocenters. The Morgan fingerprint density at radius 1 is 0.917 bits per heavy atom. The Bertz CT molecular complexity index is 929. The van der Waals surface area contributed by atoms with E-state index in [0.717, 1.165) is 12.1 Å². The third-order valence-electron chi connectivity index (χ3n) is 3.77. The molecule has 0 aromatic heterocycles. The van der Waals surface area contributed by atoms with Crippen molar-refractivity contribution < 1.29 is 28.2 Å². The van der Waals surface area contributed by atoms with Gasteiger partial charge in [0.05, 0.1) is 5.56 Å². The largest absolute Gasteiger partial charge is 0.506 e. The van der Waals surface area contributed by atoms with Crippen LogP contribution in [-0.2, 0) is 6.18 Å². The van der Waals surface area contributed by atoms with E-state index in [1.807, 2.05) is 0 Å². The lowest BCUT2D eigenvalue weighted by Gasteiger charge is -2.12. The standard InChI is InChI=1S/C18H11F3O3/c19-18(20,21)11-7-5-10(6-8-11)14-9-15(17(23)24)16(22)13-4-2-1-3-12(13)14/h1-9,22H,(H,23,24). The first kappa shape index (κ1) is 15.9. The van der Waals surface area contributed by atoms with Crippen LogP contribution in [0.5, 0.6) is 5.75 Å². The minimum atomic E-state index is -4.44. The third-order valence-corrected chi connectivity index (χ3v) is 3.77. The third kappa shape index (κ3) is 2.67. The van der Waals surface area contributed by atoms with Crippen LogP contribution in [0, 0.1) is 0 Å². The highest BCUT2D eigenvalue weighted by molar-refractivity contribution is 6.07. The van der Waals surface area contributed by atoms with Crippen LogP contribution in [0.15, 0.2) is 54.6 Å². The zero-order valence-electron chi connectivity index (χ0n) is 12.1. The summed E-state index contributed by atoms with van der Waals surface area (Å²) in [4.78, 5) is 11.3. The molecule has 0 fully saturated rings. The molecule has 0 saturated carbocycles. The number of carbonyl (C=O) groups is 1. The van der Waals surface area contributed by atoms with E-state index in [1.54, 1.807) is 24.3 Å². The highest BCUT2D eigenvalue weighted by Gasteiger charge is 2.30. The number of benzene rings is 3. The summed E-state index contributed by atoms with van der Waals surface area (Å²) in [6.45, 7) is 0. The Kier molecular flexibility index (Phi) is 3.67. The van der Waals surface area contributed by atoms with Crippen LogP contribution < -0.4 is 0 Å². The molecule has 0 amide bonds. The van der Waals surface area contributed by atoms with E-state index >= 15 is 0 Å². The molecular formula is C18H11F3O3. The number of aromatic hydroxyl groups is 1.